The summed E-state index contributed by atoms with van der Waals surface area (Å²) in [6.45, 7) is 10.00. The first-order chi connectivity index (χ1) is 10.5. The quantitative estimate of drug-likeness (QED) is 0.808. The maximum Gasteiger partial charge on any atom is 0.244 e. The van der Waals surface area contributed by atoms with Gasteiger partial charge in [-0.1, -0.05) is 19.3 Å². The van der Waals surface area contributed by atoms with Crippen molar-refractivity contribution in [2.75, 3.05) is 6.54 Å². The lowest BCUT2D eigenvalue weighted by atomic mass is 9.90. The number of amides is 2. The topological polar surface area (TPSA) is 75.4 Å². The Morgan fingerprint density at radius 1 is 1.22 bits per heavy atom. The Balaban J connectivity index is 2.40. The van der Waals surface area contributed by atoms with Crippen LogP contribution >= 0.6 is 11.8 Å². The number of thioether (sulfide) groups is 1. The molecule has 1 atom stereocenters. The average Bonchev–Trinajstić information content (AvgIpc) is 2.63. The number of nitrogens with zero attached hydrogens (tertiary/aromatic N) is 1. The molecule has 0 aromatic carbocycles. The zero-order valence-corrected chi connectivity index (χ0v) is 15.9. The van der Waals surface area contributed by atoms with Crippen molar-refractivity contribution >= 4 is 23.6 Å². The lowest BCUT2D eigenvalue weighted by molar-refractivity contribution is -0.144. The van der Waals surface area contributed by atoms with Gasteiger partial charge in [0, 0.05) is 10.3 Å². The van der Waals surface area contributed by atoms with Gasteiger partial charge < -0.3 is 16.0 Å². The Kier molecular flexibility index (Phi) is 5.07. The number of carbonyl (C=O) groups excluding carboxylic acids is 2. The summed E-state index contributed by atoms with van der Waals surface area (Å²) in [5.74, 6) is -0.182. The van der Waals surface area contributed by atoms with Gasteiger partial charge in [0.25, 0.3) is 0 Å². The number of nitrogens with one attached hydrogen (secondary N) is 1. The highest BCUT2D eigenvalue weighted by atomic mass is 32.2. The Hall–Kier alpha value is -0.750. The van der Waals surface area contributed by atoms with Crippen molar-refractivity contribution in [2.45, 2.75) is 87.9 Å². The molecule has 23 heavy (non-hydrogen) atoms. The van der Waals surface area contributed by atoms with E-state index in [0.717, 1.165) is 25.7 Å². The molecule has 2 rings (SSSR count). The SMILES string of the molecule is CC(C)(C)NC(=O)[C@@H]1N(C(=O)CN)C2(CCCCC2)SC1(C)C. The zero-order chi connectivity index (χ0) is 17.5. The van der Waals surface area contributed by atoms with Gasteiger partial charge in [-0.3, -0.25) is 9.59 Å². The Morgan fingerprint density at radius 3 is 2.26 bits per heavy atom. The molecular formula is C17H31N3O2S. The smallest absolute Gasteiger partial charge is 0.244 e. The molecule has 0 aromatic heterocycles. The first-order valence-corrected chi connectivity index (χ1v) is 9.38. The Labute approximate surface area is 144 Å². The van der Waals surface area contributed by atoms with Gasteiger partial charge in [0.1, 0.15) is 6.04 Å². The highest BCUT2D eigenvalue weighted by Crippen LogP contribution is 2.57. The fraction of sp³-hybridized carbons (Fsp3) is 0.882. The summed E-state index contributed by atoms with van der Waals surface area (Å²) in [6.07, 6.45) is 5.31. The van der Waals surface area contributed by atoms with Gasteiger partial charge in [-0.05, 0) is 47.5 Å². The lowest BCUT2D eigenvalue weighted by Crippen LogP contribution is -2.61. The van der Waals surface area contributed by atoms with Crippen molar-refractivity contribution < 1.29 is 9.59 Å². The molecule has 1 saturated heterocycles. The van der Waals surface area contributed by atoms with Gasteiger partial charge in [0.05, 0.1) is 11.4 Å². The molecule has 1 aliphatic carbocycles. The fourth-order valence-electron chi connectivity index (χ4n) is 3.93. The highest BCUT2D eigenvalue weighted by molar-refractivity contribution is 8.02. The molecule has 0 aromatic rings. The summed E-state index contributed by atoms with van der Waals surface area (Å²) in [4.78, 5) is 27.2. The van der Waals surface area contributed by atoms with E-state index >= 15 is 0 Å². The van der Waals surface area contributed by atoms with Crippen LogP contribution < -0.4 is 11.1 Å². The second-order valence-electron chi connectivity index (χ2n) is 8.32. The third-order valence-corrected chi connectivity index (χ3v) is 6.37. The molecule has 1 spiro atoms. The second-order valence-corrected chi connectivity index (χ2v) is 10.3. The van der Waals surface area contributed by atoms with Gasteiger partial charge >= 0.3 is 0 Å². The van der Waals surface area contributed by atoms with Crippen LogP contribution in [-0.4, -0.2) is 44.5 Å². The van der Waals surface area contributed by atoms with E-state index in [-0.39, 0.29) is 33.5 Å². The molecule has 3 N–H and O–H groups in total. The number of hydrogen-bond acceptors (Lipinski definition) is 4. The molecule has 2 amide bonds. The van der Waals surface area contributed by atoms with Crippen LogP contribution in [-0.2, 0) is 9.59 Å². The van der Waals surface area contributed by atoms with E-state index in [0.29, 0.717) is 0 Å². The van der Waals surface area contributed by atoms with Crippen molar-refractivity contribution in [3.63, 3.8) is 0 Å². The minimum atomic E-state index is -0.471. The normalized spacial score (nSPS) is 26.3. The van der Waals surface area contributed by atoms with Crippen molar-refractivity contribution in [3.05, 3.63) is 0 Å². The maximum atomic E-state index is 13.0. The van der Waals surface area contributed by atoms with E-state index in [2.05, 4.69) is 19.2 Å². The van der Waals surface area contributed by atoms with E-state index in [4.69, 9.17) is 5.73 Å². The van der Waals surface area contributed by atoms with Crippen molar-refractivity contribution in [1.29, 1.82) is 0 Å². The third-order valence-electron chi connectivity index (χ3n) is 4.63. The molecule has 0 radical (unpaired) electrons. The van der Waals surface area contributed by atoms with Crippen molar-refractivity contribution in [1.82, 2.24) is 10.2 Å². The Morgan fingerprint density at radius 2 is 1.78 bits per heavy atom. The minimum absolute atomic E-state index is 0.0440. The highest BCUT2D eigenvalue weighted by Gasteiger charge is 2.60. The van der Waals surface area contributed by atoms with Crippen LogP contribution in [0.15, 0.2) is 0 Å². The van der Waals surface area contributed by atoms with E-state index in [9.17, 15) is 9.59 Å². The lowest BCUT2D eigenvalue weighted by Gasteiger charge is -2.42. The molecule has 2 fully saturated rings. The van der Waals surface area contributed by atoms with E-state index < -0.39 is 6.04 Å². The molecular weight excluding hydrogens is 310 g/mol. The molecule has 1 aliphatic heterocycles. The van der Waals surface area contributed by atoms with Crippen molar-refractivity contribution in [2.24, 2.45) is 5.73 Å². The summed E-state index contributed by atoms with van der Waals surface area (Å²) in [5.41, 5.74) is 5.37. The van der Waals surface area contributed by atoms with Crippen LogP contribution in [0.4, 0.5) is 0 Å². The predicted molar refractivity (Wildman–Crippen MR) is 95.1 cm³/mol. The minimum Gasteiger partial charge on any atom is -0.350 e. The van der Waals surface area contributed by atoms with Crippen LogP contribution in [0.1, 0.15) is 66.7 Å². The van der Waals surface area contributed by atoms with Crippen LogP contribution in [0.25, 0.3) is 0 Å². The number of hydrogen-bond donors (Lipinski definition) is 2. The number of nitrogens with two attached hydrogens (primary N) is 1. The fourth-order valence-corrected chi connectivity index (χ4v) is 6.03. The van der Waals surface area contributed by atoms with E-state index in [1.54, 1.807) is 11.8 Å². The first kappa shape index (κ1) is 18.6. The first-order valence-electron chi connectivity index (χ1n) is 8.57. The zero-order valence-electron chi connectivity index (χ0n) is 15.1. The third kappa shape index (κ3) is 3.68. The van der Waals surface area contributed by atoms with Crippen molar-refractivity contribution in [3.8, 4) is 0 Å². The number of carbonyl (C=O) groups is 2. The monoisotopic (exact) mass is 341 g/mol. The summed E-state index contributed by atoms with van der Waals surface area (Å²) < 4.78 is -0.322. The maximum absolute atomic E-state index is 13.0. The van der Waals surface area contributed by atoms with E-state index in [1.807, 2.05) is 25.7 Å². The molecule has 0 bridgehead atoms. The summed E-state index contributed by atoms with van der Waals surface area (Å²) in [5, 5.41) is 3.06. The predicted octanol–water partition coefficient (Wildman–Crippen LogP) is 2.24. The number of rotatable bonds is 2. The van der Waals surface area contributed by atoms with Gasteiger partial charge in [-0.2, -0.15) is 0 Å². The summed E-state index contributed by atoms with van der Waals surface area (Å²) >= 11 is 1.79. The van der Waals surface area contributed by atoms with Crippen LogP contribution in [0, 0.1) is 0 Å². The standard InChI is InChI=1S/C17H31N3O2S/c1-15(2,3)19-14(22)13-16(4,5)23-17(9-7-6-8-10-17)20(13)12(21)11-18/h13H,6-11,18H2,1-5H3,(H,19,22)/t13-/m0/s1. The molecule has 6 heteroatoms. The van der Waals surface area contributed by atoms with Gasteiger partial charge in [-0.25, -0.2) is 0 Å². The molecule has 132 valence electrons. The second kappa shape index (κ2) is 6.28. The van der Waals surface area contributed by atoms with E-state index in [1.165, 1.54) is 6.42 Å². The average molecular weight is 342 g/mol. The van der Waals surface area contributed by atoms with Crippen LogP contribution in [0.5, 0.6) is 0 Å². The van der Waals surface area contributed by atoms with Gasteiger partial charge in [0.2, 0.25) is 11.8 Å². The van der Waals surface area contributed by atoms with Gasteiger partial charge in [0.15, 0.2) is 0 Å². The Bertz CT molecular complexity index is 479. The van der Waals surface area contributed by atoms with Crippen LogP contribution in [0.2, 0.25) is 0 Å². The largest absolute Gasteiger partial charge is 0.350 e. The van der Waals surface area contributed by atoms with Crippen LogP contribution in [0.3, 0.4) is 0 Å². The molecule has 5 nitrogen and oxygen atoms in total. The van der Waals surface area contributed by atoms with Gasteiger partial charge in [-0.15, -0.1) is 11.8 Å². The summed E-state index contributed by atoms with van der Waals surface area (Å²) in [6, 6.07) is -0.471. The molecule has 1 saturated carbocycles. The molecule has 0 unspecified atom stereocenters. The molecule has 1 heterocycles. The molecule has 2 aliphatic rings. The summed E-state index contributed by atoms with van der Waals surface area (Å²) in [7, 11) is 0.